The summed E-state index contributed by atoms with van der Waals surface area (Å²) in [5.74, 6) is -1.09. The largest absolute Gasteiger partial charge is 0.370 e. The van der Waals surface area contributed by atoms with Gasteiger partial charge in [-0.1, -0.05) is 6.07 Å². The lowest BCUT2D eigenvalue weighted by Gasteiger charge is -2.22. The van der Waals surface area contributed by atoms with E-state index < -0.39 is 21.7 Å². The summed E-state index contributed by atoms with van der Waals surface area (Å²) < 4.78 is 42.2. The molecule has 2 aliphatic rings. The third-order valence-electron chi connectivity index (χ3n) is 5.56. The number of benzene rings is 2. The predicted molar refractivity (Wildman–Crippen MR) is 118 cm³/mol. The molecule has 4 rings (SSSR count). The molecule has 1 N–H and O–H groups in total. The first kappa shape index (κ1) is 21.3. The molecule has 0 aliphatic carbocycles. The van der Waals surface area contributed by atoms with E-state index in [-0.39, 0.29) is 16.1 Å². The van der Waals surface area contributed by atoms with Crippen LogP contribution in [0.25, 0.3) is 0 Å². The van der Waals surface area contributed by atoms with Crippen LogP contribution in [0.3, 0.4) is 0 Å². The molecular weight excluding hydrogens is 473 g/mol. The first-order valence-electron chi connectivity index (χ1n) is 10.0. The van der Waals surface area contributed by atoms with Crippen molar-refractivity contribution in [2.75, 3.05) is 36.4 Å². The minimum Gasteiger partial charge on any atom is -0.370 e. The van der Waals surface area contributed by atoms with Gasteiger partial charge in [-0.15, -0.1) is 0 Å². The maximum atomic E-state index is 14.6. The molecule has 0 unspecified atom stereocenters. The van der Waals surface area contributed by atoms with Crippen LogP contribution in [0.4, 0.5) is 15.8 Å². The van der Waals surface area contributed by atoms with Crippen molar-refractivity contribution in [2.45, 2.75) is 30.6 Å². The molecule has 6 nitrogen and oxygen atoms in total. The van der Waals surface area contributed by atoms with Gasteiger partial charge in [0.1, 0.15) is 11.5 Å². The Labute approximate surface area is 184 Å². The Kier molecular flexibility index (Phi) is 6.13. The molecule has 2 saturated heterocycles. The Morgan fingerprint density at radius 3 is 2.37 bits per heavy atom. The SMILES string of the molecule is O=C(Nc1c(F)cccc1N1CCCC1)c1cc(S(=O)(=O)N2CCCC2)ccc1Br. The van der Waals surface area contributed by atoms with E-state index in [2.05, 4.69) is 21.2 Å². The zero-order valence-electron chi connectivity index (χ0n) is 16.4. The van der Waals surface area contributed by atoms with Crippen LogP contribution >= 0.6 is 15.9 Å². The van der Waals surface area contributed by atoms with E-state index in [4.69, 9.17) is 0 Å². The molecule has 2 aliphatic heterocycles. The summed E-state index contributed by atoms with van der Waals surface area (Å²) in [6.07, 6.45) is 3.70. The number of carbonyl (C=O) groups is 1. The highest BCUT2D eigenvalue weighted by Gasteiger charge is 2.28. The number of nitrogens with zero attached hydrogens (tertiary/aromatic N) is 2. The molecular formula is C21H23BrFN3O3S. The van der Waals surface area contributed by atoms with Crippen molar-refractivity contribution in [2.24, 2.45) is 0 Å². The monoisotopic (exact) mass is 495 g/mol. The number of carbonyl (C=O) groups excluding carboxylic acids is 1. The number of halogens is 2. The molecule has 2 heterocycles. The maximum Gasteiger partial charge on any atom is 0.256 e. The quantitative estimate of drug-likeness (QED) is 0.673. The van der Waals surface area contributed by atoms with Crippen LogP contribution in [0.5, 0.6) is 0 Å². The molecule has 1 amide bonds. The normalized spacial score (nSPS) is 17.5. The molecule has 0 spiro atoms. The Bertz CT molecular complexity index is 1070. The lowest BCUT2D eigenvalue weighted by Crippen LogP contribution is -2.28. The third kappa shape index (κ3) is 4.10. The van der Waals surface area contributed by atoms with Crippen LogP contribution in [-0.2, 0) is 10.0 Å². The summed E-state index contributed by atoms with van der Waals surface area (Å²) in [5.41, 5.74) is 0.896. The van der Waals surface area contributed by atoms with Gasteiger partial charge in [-0.25, -0.2) is 12.8 Å². The van der Waals surface area contributed by atoms with E-state index in [0.717, 1.165) is 38.8 Å². The van der Waals surface area contributed by atoms with Crippen molar-refractivity contribution >= 4 is 43.2 Å². The van der Waals surface area contributed by atoms with Gasteiger partial charge in [0.25, 0.3) is 5.91 Å². The standard InChI is InChI=1S/C21H23BrFN3O3S/c22-17-9-8-15(30(28,29)26-12-3-4-13-26)14-16(17)21(27)24-20-18(23)6-5-7-19(20)25-10-1-2-11-25/h5-9,14H,1-4,10-13H2,(H,24,27). The van der Waals surface area contributed by atoms with E-state index in [0.29, 0.717) is 23.2 Å². The van der Waals surface area contributed by atoms with Gasteiger partial charge in [0.15, 0.2) is 0 Å². The van der Waals surface area contributed by atoms with Gasteiger partial charge in [-0.05, 0) is 71.9 Å². The van der Waals surface area contributed by atoms with Crippen molar-refractivity contribution in [3.8, 4) is 0 Å². The Balaban J connectivity index is 1.65. The number of hydrogen-bond acceptors (Lipinski definition) is 4. The van der Waals surface area contributed by atoms with Gasteiger partial charge in [-0.3, -0.25) is 4.79 Å². The highest BCUT2D eigenvalue weighted by molar-refractivity contribution is 9.10. The number of amides is 1. The summed E-state index contributed by atoms with van der Waals surface area (Å²) in [5, 5.41) is 2.67. The predicted octanol–water partition coefficient (Wildman–Crippen LogP) is 4.23. The van der Waals surface area contributed by atoms with Crippen molar-refractivity contribution < 1.29 is 17.6 Å². The van der Waals surface area contributed by atoms with E-state index in [1.807, 2.05) is 4.90 Å². The minimum atomic E-state index is -3.66. The molecule has 2 aromatic rings. The van der Waals surface area contributed by atoms with Gasteiger partial charge in [0.2, 0.25) is 10.0 Å². The second-order valence-electron chi connectivity index (χ2n) is 7.54. The number of hydrogen-bond donors (Lipinski definition) is 1. The molecule has 0 bridgehead atoms. The van der Waals surface area contributed by atoms with Crippen LogP contribution in [0.2, 0.25) is 0 Å². The molecule has 2 aromatic carbocycles. The molecule has 30 heavy (non-hydrogen) atoms. The molecule has 2 fully saturated rings. The maximum absolute atomic E-state index is 14.6. The van der Waals surface area contributed by atoms with Crippen LogP contribution in [0.1, 0.15) is 36.0 Å². The number of anilines is 2. The smallest absolute Gasteiger partial charge is 0.256 e. The minimum absolute atomic E-state index is 0.0612. The van der Waals surface area contributed by atoms with Crippen LogP contribution in [-0.4, -0.2) is 44.8 Å². The van der Waals surface area contributed by atoms with E-state index in [9.17, 15) is 17.6 Å². The van der Waals surface area contributed by atoms with Crippen LogP contribution in [0, 0.1) is 5.82 Å². The Morgan fingerprint density at radius 2 is 1.67 bits per heavy atom. The molecule has 9 heteroatoms. The number of sulfonamides is 1. The zero-order chi connectivity index (χ0) is 21.3. The lowest BCUT2D eigenvalue weighted by molar-refractivity contribution is 0.102. The first-order valence-corrected chi connectivity index (χ1v) is 12.3. The summed E-state index contributed by atoms with van der Waals surface area (Å²) in [7, 11) is -3.66. The van der Waals surface area contributed by atoms with E-state index >= 15 is 0 Å². The molecule has 160 valence electrons. The third-order valence-corrected chi connectivity index (χ3v) is 8.15. The Morgan fingerprint density at radius 1 is 1.00 bits per heavy atom. The fourth-order valence-electron chi connectivity index (χ4n) is 3.96. The number of nitrogens with one attached hydrogen (secondary N) is 1. The molecule has 0 aromatic heterocycles. The highest BCUT2D eigenvalue weighted by atomic mass is 79.9. The van der Waals surface area contributed by atoms with Crippen molar-refractivity contribution in [3.63, 3.8) is 0 Å². The summed E-state index contributed by atoms with van der Waals surface area (Å²) >= 11 is 3.32. The average molecular weight is 496 g/mol. The van der Waals surface area contributed by atoms with Gasteiger partial charge >= 0.3 is 0 Å². The topological polar surface area (TPSA) is 69.7 Å². The van der Waals surface area contributed by atoms with Gasteiger partial charge in [-0.2, -0.15) is 4.31 Å². The summed E-state index contributed by atoms with van der Waals surface area (Å²) in [6, 6.07) is 9.08. The number of rotatable bonds is 5. The summed E-state index contributed by atoms with van der Waals surface area (Å²) in [4.78, 5) is 15.1. The van der Waals surface area contributed by atoms with Crippen molar-refractivity contribution in [1.29, 1.82) is 0 Å². The van der Waals surface area contributed by atoms with E-state index in [1.54, 1.807) is 18.2 Å². The first-order chi connectivity index (χ1) is 14.4. The second-order valence-corrected chi connectivity index (χ2v) is 10.3. The van der Waals surface area contributed by atoms with Crippen LogP contribution in [0.15, 0.2) is 45.8 Å². The van der Waals surface area contributed by atoms with Crippen molar-refractivity contribution in [1.82, 2.24) is 4.31 Å². The highest BCUT2D eigenvalue weighted by Crippen LogP contribution is 2.33. The summed E-state index contributed by atoms with van der Waals surface area (Å²) in [6.45, 7) is 2.57. The Hall–Kier alpha value is -1.97. The zero-order valence-corrected chi connectivity index (χ0v) is 18.8. The van der Waals surface area contributed by atoms with Gasteiger partial charge < -0.3 is 10.2 Å². The second kappa shape index (κ2) is 8.64. The number of para-hydroxylation sites is 1. The van der Waals surface area contributed by atoms with Gasteiger partial charge in [0.05, 0.1) is 16.1 Å². The van der Waals surface area contributed by atoms with Crippen LogP contribution < -0.4 is 10.2 Å². The molecule has 0 atom stereocenters. The molecule has 0 radical (unpaired) electrons. The fourth-order valence-corrected chi connectivity index (χ4v) is 5.93. The van der Waals surface area contributed by atoms with E-state index in [1.165, 1.54) is 22.5 Å². The van der Waals surface area contributed by atoms with Crippen molar-refractivity contribution in [3.05, 3.63) is 52.3 Å². The lowest BCUT2D eigenvalue weighted by atomic mass is 10.2. The average Bonchev–Trinajstić information content (AvgIpc) is 3.44. The fraction of sp³-hybridized carbons (Fsp3) is 0.381. The molecule has 0 saturated carbocycles. The van der Waals surface area contributed by atoms with Gasteiger partial charge in [0, 0.05) is 30.7 Å².